The SMILES string of the molecule is CC1OCC(n2ccnn2)([N+](=O)[O-])CO1. The molecule has 0 N–H and O–H groups in total. The Morgan fingerprint density at radius 2 is 2.27 bits per heavy atom. The van der Waals surface area contributed by atoms with Crippen molar-refractivity contribution in [3.63, 3.8) is 0 Å². The lowest BCUT2D eigenvalue weighted by Crippen LogP contribution is -2.54. The van der Waals surface area contributed by atoms with Gasteiger partial charge < -0.3 is 9.47 Å². The Morgan fingerprint density at radius 1 is 1.60 bits per heavy atom. The summed E-state index contributed by atoms with van der Waals surface area (Å²) in [5, 5.41) is 18.2. The summed E-state index contributed by atoms with van der Waals surface area (Å²) in [4.78, 5) is 10.6. The van der Waals surface area contributed by atoms with Gasteiger partial charge in [-0.15, -0.1) is 5.10 Å². The van der Waals surface area contributed by atoms with Crippen LogP contribution in [0.4, 0.5) is 0 Å². The number of nitrogens with zero attached hydrogens (tertiary/aromatic N) is 4. The summed E-state index contributed by atoms with van der Waals surface area (Å²) in [6.45, 7) is 1.53. The number of hydrogen-bond acceptors (Lipinski definition) is 6. The molecule has 15 heavy (non-hydrogen) atoms. The van der Waals surface area contributed by atoms with Gasteiger partial charge in [-0.1, -0.05) is 5.21 Å². The fraction of sp³-hybridized carbons (Fsp3) is 0.714. The molecule has 1 saturated heterocycles. The van der Waals surface area contributed by atoms with Gasteiger partial charge >= 0.3 is 5.66 Å². The first kappa shape index (κ1) is 9.99. The van der Waals surface area contributed by atoms with Gasteiger partial charge in [0.05, 0.1) is 17.3 Å². The lowest BCUT2D eigenvalue weighted by molar-refractivity contribution is -0.624. The molecule has 0 aliphatic carbocycles. The van der Waals surface area contributed by atoms with Gasteiger partial charge in [0, 0.05) is 0 Å². The van der Waals surface area contributed by atoms with Crippen LogP contribution in [-0.4, -0.2) is 39.4 Å². The van der Waals surface area contributed by atoms with Crippen molar-refractivity contribution >= 4 is 0 Å². The van der Waals surface area contributed by atoms with Gasteiger partial charge in [-0.05, 0) is 6.92 Å². The van der Waals surface area contributed by atoms with Gasteiger partial charge in [0.2, 0.25) is 0 Å². The summed E-state index contributed by atoms with van der Waals surface area (Å²) >= 11 is 0. The third-order valence-corrected chi connectivity index (χ3v) is 2.29. The van der Waals surface area contributed by atoms with Crippen LogP contribution >= 0.6 is 0 Å². The molecule has 1 aromatic rings. The molecule has 0 saturated carbocycles. The van der Waals surface area contributed by atoms with Gasteiger partial charge in [0.15, 0.2) is 6.29 Å². The average Bonchev–Trinajstić information content (AvgIpc) is 2.72. The Balaban J connectivity index is 2.30. The molecule has 0 atom stereocenters. The van der Waals surface area contributed by atoms with Crippen molar-refractivity contribution < 1.29 is 14.4 Å². The molecule has 0 amide bonds. The van der Waals surface area contributed by atoms with Crippen LogP contribution in [0.25, 0.3) is 0 Å². The minimum absolute atomic E-state index is 0.0788. The highest BCUT2D eigenvalue weighted by Gasteiger charge is 2.50. The Morgan fingerprint density at radius 3 is 2.73 bits per heavy atom. The van der Waals surface area contributed by atoms with E-state index in [-0.39, 0.29) is 13.2 Å². The average molecular weight is 214 g/mol. The van der Waals surface area contributed by atoms with E-state index in [2.05, 4.69) is 10.3 Å². The number of ether oxygens (including phenoxy) is 2. The van der Waals surface area contributed by atoms with E-state index >= 15 is 0 Å². The molecule has 1 fully saturated rings. The zero-order valence-corrected chi connectivity index (χ0v) is 8.07. The molecule has 8 nitrogen and oxygen atoms in total. The molecule has 2 rings (SSSR count). The van der Waals surface area contributed by atoms with Gasteiger partial charge in [-0.2, -0.15) is 4.68 Å². The van der Waals surface area contributed by atoms with Crippen molar-refractivity contribution in [1.82, 2.24) is 15.0 Å². The Labute approximate surface area is 84.9 Å². The van der Waals surface area contributed by atoms with Crippen molar-refractivity contribution in [3.05, 3.63) is 22.5 Å². The van der Waals surface area contributed by atoms with Crippen LogP contribution in [0, 0.1) is 10.1 Å². The lowest BCUT2D eigenvalue weighted by atomic mass is 10.2. The highest BCUT2D eigenvalue weighted by atomic mass is 16.7. The van der Waals surface area contributed by atoms with Crippen molar-refractivity contribution in [1.29, 1.82) is 0 Å². The number of hydrogen-bond donors (Lipinski definition) is 0. The largest absolute Gasteiger partial charge is 0.361 e. The maximum Gasteiger partial charge on any atom is 0.361 e. The molecule has 1 aliphatic rings. The van der Waals surface area contributed by atoms with E-state index in [1.165, 1.54) is 12.4 Å². The summed E-state index contributed by atoms with van der Waals surface area (Å²) in [6, 6.07) is 0. The zero-order chi connectivity index (χ0) is 10.9. The Kier molecular flexibility index (Phi) is 2.37. The molecule has 2 heterocycles. The van der Waals surface area contributed by atoms with E-state index in [0.717, 1.165) is 4.68 Å². The summed E-state index contributed by atoms with van der Waals surface area (Å²) in [5.41, 5.74) is -1.50. The normalized spacial score (nSPS) is 31.4. The molecule has 0 unspecified atom stereocenters. The van der Waals surface area contributed by atoms with E-state index < -0.39 is 16.9 Å². The minimum Gasteiger partial charge on any atom is -0.343 e. The van der Waals surface area contributed by atoms with E-state index in [9.17, 15) is 10.1 Å². The summed E-state index contributed by atoms with van der Waals surface area (Å²) in [5.74, 6) is 0. The second kappa shape index (κ2) is 3.55. The zero-order valence-electron chi connectivity index (χ0n) is 8.07. The maximum atomic E-state index is 11.0. The first-order valence-electron chi connectivity index (χ1n) is 4.40. The predicted octanol–water partition coefficient (Wildman–Crippen LogP) is -0.400. The Bertz CT molecular complexity index is 344. The molecule has 1 aliphatic heterocycles. The van der Waals surface area contributed by atoms with Gasteiger partial charge in [0.1, 0.15) is 13.2 Å². The Hall–Kier alpha value is -1.54. The number of nitro groups is 1. The van der Waals surface area contributed by atoms with Crippen LogP contribution < -0.4 is 0 Å². The molecular formula is C7H10N4O4. The molecule has 0 radical (unpaired) electrons. The molecule has 0 bridgehead atoms. The first-order chi connectivity index (χ1) is 7.15. The topological polar surface area (TPSA) is 92.3 Å². The molecule has 1 aromatic heterocycles. The van der Waals surface area contributed by atoms with Crippen LogP contribution in [0.5, 0.6) is 0 Å². The first-order valence-corrected chi connectivity index (χ1v) is 4.40. The minimum atomic E-state index is -1.50. The van der Waals surface area contributed by atoms with Crippen LogP contribution in [0.3, 0.4) is 0 Å². The number of rotatable bonds is 2. The summed E-state index contributed by atoms with van der Waals surface area (Å²) in [7, 11) is 0. The summed E-state index contributed by atoms with van der Waals surface area (Å²) < 4.78 is 11.4. The van der Waals surface area contributed by atoms with Crippen LogP contribution in [0.1, 0.15) is 6.92 Å². The summed E-state index contributed by atoms with van der Waals surface area (Å²) in [6.07, 6.45) is 2.37. The van der Waals surface area contributed by atoms with Gasteiger partial charge in [-0.25, -0.2) is 0 Å². The van der Waals surface area contributed by atoms with E-state index in [4.69, 9.17) is 9.47 Å². The molecule has 0 aromatic carbocycles. The highest BCUT2D eigenvalue weighted by Crippen LogP contribution is 2.23. The third kappa shape index (κ3) is 1.57. The second-order valence-corrected chi connectivity index (χ2v) is 3.28. The lowest BCUT2D eigenvalue weighted by Gasteiger charge is -2.31. The fourth-order valence-corrected chi connectivity index (χ4v) is 1.34. The second-order valence-electron chi connectivity index (χ2n) is 3.28. The smallest absolute Gasteiger partial charge is 0.343 e. The number of aromatic nitrogens is 3. The van der Waals surface area contributed by atoms with E-state index in [1.807, 2.05) is 0 Å². The molecule has 82 valence electrons. The molecule has 0 spiro atoms. The quantitative estimate of drug-likeness (QED) is 0.491. The van der Waals surface area contributed by atoms with Crippen LogP contribution in [0.15, 0.2) is 12.4 Å². The molecule has 8 heteroatoms. The van der Waals surface area contributed by atoms with Crippen molar-refractivity contribution in [2.45, 2.75) is 18.9 Å². The van der Waals surface area contributed by atoms with E-state index in [0.29, 0.717) is 0 Å². The maximum absolute atomic E-state index is 11.0. The third-order valence-electron chi connectivity index (χ3n) is 2.29. The van der Waals surface area contributed by atoms with Crippen LogP contribution in [-0.2, 0) is 15.1 Å². The van der Waals surface area contributed by atoms with Crippen molar-refractivity contribution in [2.24, 2.45) is 0 Å². The van der Waals surface area contributed by atoms with Gasteiger partial charge in [0.25, 0.3) is 0 Å². The van der Waals surface area contributed by atoms with Gasteiger partial charge in [-0.3, -0.25) is 10.1 Å². The van der Waals surface area contributed by atoms with Crippen molar-refractivity contribution in [3.8, 4) is 0 Å². The standard InChI is InChI=1S/C7H10N4O4/c1-6-14-4-7(5-15-6,11(12)13)10-3-2-8-9-10/h2-3,6H,4-5H2,1H3. The predicted molar refractivity (Wildman–Crippen MR) is 46.4 cm³/mol. The van der Waals surface area contributed by atoms with E-state index in [1.54, 1.807) is 6.92 Å². The monoisotopic (exact) mass is 214 g/mol. The highest BCUT2D eigenvalue weighted by molar-refractivity contribution is 4.80. The molecular weight excluding hydrogens is 204 g/mol. The fourth-order valence-electron chi connectivity index (χ4n) is 1.34. The van der Waals surface area contributed by atoms with Crippen molar-refractivity contribution in [2.75, 3.05) is 13.2 Å². The van der Waals surface area contributed by atoms with Crippen LogP contribution in [0.2, 0.25) is 0 Å².